The summed E-state index contributed by atoms with van der Waals surface area (Å²) in [4.78, 5) is 24.5. The number of carbonyl (C=O) groups is 2. The second-order valence-electron chi connectivity index (χ2n) is 7.90. The molecule has 2 aromatic heterocycles. The topological polar surface area (TPSA) is 53.2 Å². The lowest BCUT2D eigenvalue weighted by molar-refractivity contribution is -0.141. The van der Waals surface area contributed by atoms with Gasteiger partial charge in [0.05, 0.1) is 18.8 Å². The van der Waals surface area contributed by atoms with E-state index in [4.69, 9.17) is 4.74 Å². The van der Waals surface area contributed by atoms with Crippen LogP contribution >= 0.6 is 0 Å². The van der Waals surface area contributed by atoms with Gasteiger partial charge >= 0.3 is 5.97 Å². The van der Waals surface area contributed by atoms with Gasteiger partial charge in [0.15, 0.2) is 0 Å². The Kier molecular flexibility index (Phi) is 7.50. The quantitative estimate of drug-likeness (QED) is 0.265. The van der Waals surface area contributed by atoms with Gasteiger partial charge < -0.3 is 13.9 Å². The van der Waals surface area contributed by atoms with E-state index in [0.717, 1.165) is 24.1 Å². The lowest BCUT2D eigenvalue weighted by Crippen LogP contribution is -2.16. The maximum absolute atomic E-state index is 13.3. The molecule has 0 saturated carbocycles. The minimum Gasteiger partial charge on any atom is -0.466 e. The molecule has 1 aromatic carbocycles. The molecule has 0 spiro atoms. The lowest BCUT2D eigenvalue weighted by Gasteiger charge is -2.14. The van der Waals surface area contributed by atoms with Crippen molar-refractivity contribution in [2.45, 2.75) is 60.0 Å². The highest BCUT2D eigenvalue weighted by molar-refractivity contribution is 6.09. The van der Waals surface area contributed by atoms with Crippen molar-refractivity contribution in [2.75, 3.05) is 6.61 Å². The van der Waals surface area contributed by atoms with Gasteiger partial charge in [-0.1, -0.05) is 44.2 Å². The Hall–Kier alpha value is -3.08. The van der Waals surface area contributed by atoms with Crippen LogP contribution in [0.1, 0.15) is 65.6 Å². The van der Waals surface area contributed by atoms with Crippen LogP contribution in [0.3, 0.4) is 0 Å². The predicted octanol–water partition coefficient (Wildman–Crippen LogP) is 4.96. The van der Waals surface area contributed by atoms with E-state index in [0.29, 0.717) is 37.4 Å². The Morgan fingerprint density at radius 1 is 1.00 bits per heavy atom. The first-order valence-corrected chi connectivity index (χ1v) is 11.0. The smallest absolute Gasteiger partial charge is 0.302 e. The maximum Gasteiger partial charge on any atom is 0.302 e. The molecular weight excluding hydrogens is 388 g/mol. The van der Waals surface area contributed by atoms with Crippen molar-refractivity contribution in [3.05, 3.63) is 82.4 Å². The molecule has 2 heterocycles. The Morgan fingerprint density at radius 2 is 1.65 bits per heavy atom. The number of carbonyl (C=O) groups excluding carboxylic acids is 2. The number of rotatable bonds is 10. The Morgan fingerprint density at radius 3 is 2.23 bits per heavy atom. The molecule has 5 nitrogen and oxygen atoms in total. The number of hydrogen-bond acceptors (Lipinski definition) is 3. The second-order valence-corrected chi connectivity index (χ2v) is 7.90. The summed E-state index contributed by atoms with van der Waals surface area (Å²) in [7, 11) is 0. The highest BCUT2D eigenvalue weighted by atomic mass is 16.5. The summed E-state index contributed by atoms with van der Waals surface area (Å²) < 4.78 is 9.44. The highest BCUT2D eigenvalue weighted by Crippen LogP contribution is 2.22. The molecule has 0 radical (unpaired) electrons. The van der Waals surface area contributed by atoms with E-state index >= 15 is 0 Å². The molecule has 0 amide bonds. The van der Waals surface area contributed by atoms with Crippen LogP contribution in [0.4, 0.5) is 0 Å². The number of hydrogen-bond donors (Lipinski definition) is 0. The van der Waals surface area contributed by atoms with Crippen LogP contribution in [-0.4, -0.2) is 27.5 Å². The van der Waals surface area contributed by atoms with Gasteiger partial charge in [0.1, 0.15) is 0 Å². The molecule has 0 atom stereocenters. The molecule has 0 aliphatic carbocycles. The zero-order chi connectivity index (χ0) is 22.4. The fourth-order valence-electron chi connectivity index (χ4n) is 4.12. The normalized spacial score (nSPS) is 11.0. The minimum absolute atomic E-state index is 0.0211. The van der Waals surface area contributed by atoms with E-state index in [1.54, 1.807) is 0 Å². The van der Waals surface area contributed by atoms with Crippen molar-refractivity contribution in [1.29, 1.82) is 0 Å². The summed E-state index contributed by atoms with van der Waals surface area (Å²) in [6, 6.07) is 11.5. The van der Waals surface area contributed by atoms with Crippen LogP contribution in [0.25, 0.3) is 0 Å². The summed E-state index contributed by atoms with van der Waals surface area (Å²) in [5.74, 6) is -0.260. The summed E-state index contributed by atoms with van der Waals surface area (Å²) in [6.45, 7) is 9.42. The summed E-state index contributed by atoms with van der Waals surface area (Å²) in [5, 5.41) is 0. The van der Waals surface area contributed by atoms with E-state index in [1.807, 2.05) is 37.3 Å². The number of esters is 1. The minimum atomic E-state index is -0.281. The highest BCUT2D eigenvalue weighted by Gasteiger charge is 2.20. The van der Waals surface area contributed by atoms with Gasteiger partial charge in [0.2, 0.25) is 5.78 Å². The van der Waals surface area contributed by atoms with Crippen LogP contribution in [0.2, 0.25) is 0 Å². The van der Waals surface area contributed by atoms with Gasteiger partial charge in [0, 0.05) is 37.1 Å². The van der Waals surface area contributed by atoms with Crippen molar-refractivity contribution in [3.8, 4) is 0 Å². The largest absolute Gasteiger partial charge is 0.466 e. The monoisotopic (exact) mass is 420 g/mol. The molecule has 0 N–H and O–H groups in total. The molecular formula is C26H32N2O3. The first-order valence-electron chi connectivity index (χ1n) is 11.0. The molecule has 3 rings (SSSR count). The van der Waals surface area contributed by atoms with Crippen molar-refractivity contribution in [2.24, 2.45) is 0 Å². The molecule has 3 aromatic rings. The zero-order valence-corrected chi connectivity index (χ0v) is 19.0. The van der Waals surface area contributed by atoms with E-state index in [9.17, 15) is 9.59 Å². The van der Waals surface area contributed by atoms with E-state index < -0.39 is 0 Å². The third-order valence-corrected chi connectivity index (χ3v) is 5.62. The molecule has 0 fully saturated rings. The zero-order valence-electron chi connectivity index (χ0n) is 19.0. The third-order valence-electron chi connectivity index (χ3n) is 5.62. The van der Waals surface area contributed by atoms with Gasteiger partial charge in [-0.3, -0.25) is 9.59 Å². The van der Waals surface area contributed by atoms with Crippen LogP contribution < -0.4 is 0 Å². The Bertz CT molecular complexity index is 1020. The molecule has 0 aliphatic heterocycles. The SMILES string of the molecule is CCc1cn(Cc2cc(C)c(C(=O)c3ccccc3)n2CCCOC(C)=O)cc1CC. The van der Waals surface area contributed by atoms with Crippen molar-refractivity contribution in [1.82, 2.24) is 9.13 Å². The molecule has 31 heavy (non-hydrogen) atoms. The molecule has 5 heteroatoms. The fraction of sp³-hybridized carbons (Fsp3) is 0.385. The van der Waals surface area contributed by atoms with Crippen LogP contribution in [0.15, 0.2) is 48.8 Å². The molecule has 0 bridgehead atoms. The second kappa shape index (κ2) is 10.3. The molecule has 0 saturated heterocycles. The molecule has 164 valence electrons. The maximum atomic E-state index is 13.3. The van der Waals surface area contributed by atoms with Gasteiger partial charge in [0.25, 0.3) is 0 Å². The number of benzene rings is 1. The van der Waals surface area contributed by atoms with Crippen molar-refractivity contribution in [3.63, 3.8) is 0 Å². The van der Waals surface area contributed by atoms with Crippen LogP contribution in [-0.2, 0) is 35.5 Å². The number of aryl methyl sites for hydroxylation is 3. The fourth-order valence-corrected chi connectivity index (χ4v) is 4.12. The summed E-state index contributed by atoms with van der Waals surface area (Å²) in [6.07, 6.45) is 7.10. The van der Waals surface area contributed by atoms with E-state index in [-0.39, 0.29) is 11.8 Å². The average Bonchev–Trinajstić information content (AvgIpc) is 3.31. The molecule has 0 unspecified atom stereocenters. The third kappa shape index (κ3) is 5.35. The number of nitrogens with zero attached hydrogens (tertiary/aromatic N) is 2. The number of ether oxygens (including phenoxy) is 1. The van der Waals surface area contributed by atoms with Crippen molar-refractivity contribution >= 4 is 11.8 Å². The van der Waals surface area contributed by atoms with Gasteiger partial charge in [-0.2, -0.15) is 0 Å². The number of aromatic nitrogens is 2. The standard InChI is InChI=1S/C26H32N2O3/c1-5-21-16-27(17-22(21)6-2)18-24-15-19(3)25(26(30)23-11-8-7-9-12-23)28(24)13-10-14-31-20(4)29/h7-9,11-12,15-17H,5-6,10,13-14,18H2,1-4H3. The predicted molar refractivity (Wildman–Crippen MR) is 123 cm³/mol. The summed E-state index contributed by atoms with van der Waals surface area (Å²) >= 11 is 0. The van der Waals surface area contributed by atoms with E-state index in [2.05, 4.69) is 41.4 Å². The van der Waals surface area contributed by atoms with Gasteiger partial charge in [-0.25, -0.2) is 0 Å². The lowest BCUT2D eigenvalue weighted by atomic mass is 10.1. The van der Waals surface area contributed by atoms with Crippen LogP contribution in [0, 0.1) is 6.92 Å². The Labute approximate surface area is 184 Å². The number of ketones is 1. The average molecular weight is 421 g/mol. The van der Waals surface area contributed by atoms with E-state index in [1.165, 1.54) is 18.1 Å². The van der Waals surface area contributed by atoms with Crippen molar-refractivity contribution < 1.29 is 14.3 Å². The van der Waals surface area contributed by atoms with Crippen LogP contribution in [0.5, 0.6) is 0 Å². The summed E-state index contributed by atoms with van der Waals surface area (Å²) in [5.41, 5.74) is 6.18. The van der Waals surface area contributed by atoms with Gasteiger partial charge in [-0.05, 0) is 48.9 Å². The first-order chi connectivity index (χ1) is 14.9. The Balaban J connectivity index is 1.95. The molecule has 0 aliphatic rings. The first kappa shape index (κ1) is 22.6. The van der Waals surface area contributed by atoms with Gasteiger partial charge in [-0.15, -0.1) is 0 Å².